The van der Waals surface area contributed by atoms with Crippen molar-refractivity contribution >= 4 is 347 Å². The van der Waals surface area contributed by atoms with Crippen LogP contribution in [0.25, 0.3) is 0 Å². The Bertz CT molecular complexity index is 2850. The third-order valence-corrected chi connectivity index (χ3v) is 214. The van der Waals surface area contributed by atoms with Gasteiger partial charge in [-0.3, -0.25) is 23.7 Å². The van der Waals surface area contributed by atoms with E-state index in [-0.39, 0.29) is 35.7 Å². The third-order valence-electron chi connectivity index (χ3n) is 7.58. The summed E-state index contributed by atoms with van der Waals surface area (Å²) in [5, 5.41) is -4.34. The van der Waals surface area contributed by atoms with Crippen molar-refractivity contribution in [1.82, 2.24) is 9.80 Å². The summed E-state index contributed by atoms with van der Waals surface area (Å²) in [5.74, 6) is -0.0631. The van der Waals surface area contributed by atoms with Crippen molar-refractivity contribution in [3.63, 3.8) is 0 Å². The summed E-state index contributed by atoms with van der Waals surface area (Å²) >= 11 is 135. The minimum absolute atomic E-state index is 0.0162. The van der Waals surface area contributed by atoms with Crippen molar-refractivity contribution in [2.75, 3.05) is 14.1 Å². The molecule has 2 rings (SSSR count). The van der Waals surface area contributed by atoms with Crippen molar-refractivity contribution in [3.8, 4) is 0 Å². The summed E-state index contributed by atoms with van der Waals surface area (Å²) in [6, 6.07) is -0.241. The zero-order chi connectivity index (χ0) is 48.2. The number of nitrogens with zero attached hydrogens (tertiary/aromatic N) is 2. The fourth-order valence-electron chi connectivity index (χ4n) is 4.72. The molecule has 0 unspecified atom stereocenters. The Morgan fingerprint density at radius 3 is 0.915 bits per heavy atom. The summed E-state index contributed by atoms with van der Waals surface area (Å²) in [6.07, 6.45) is -1.38. The van der Waals surface area contributed by atoms with Crippen molar-refractivity contribution < 1.29 is 24.9 Å². The highest BCUT2D eigenvalue weighted by molar-refractivity contribution is 9.75. The van der Waals surface area contributed by atoms with E-state index in [1.54, 1.807) is 39.8 Å². The molecule has 0 saturated carbocycles. The lowest BCUT2D eigenvalue weighted by Gasteiger charge is -2.35. The number of hydrogen-bond acceptors (Lipinski definition) is 31. The van der Waals surface area contributed by atoms with Gasteiger partial charge in [0.15, 0.2) is 0 Å². The highest BCUT2D eigenvalue weighted by atomic mass is 34.5. The van der Waals surface area contributed by atoms with Crippen LogP contribution in [0.2, 0.25) is 0 Å². The first-order valence-electron chi connectivity index (χ1n) is 13.9. The molecular formula is C16H30N2O5S36-2. The van der Waals surface area contributed by atoms with Crippen molar-refractivity contribution in [3.05, 3.63) is 0 Å². The van der Waals surface area contributed by atoms with Gasteiger partial charge in [-0.2, -0.15) is 0 Å². The number of aliphatic hydroxyl groups is 3. The van der Waals surface area contributed by atoms with E-state index in [0.717, 1.165) is 0 Å². The zero-order valence-electron chi connectivity index (χ0n) is 29.5. The molecule has 0 aliphatic carbocycles. The zero-order valence-corrected chi connectivity index (χ0v) is 58.9. The van der Waals surface area contributed by atoms with Crippen LogP contribution in [-0.4, -0.2) is 81.4 Å². The van der Waals surface area contributed by atoms with E-state index in [9.17, 15) is 24.9 Å². The molecular weight excluding hydrogens is 1450 g/mol. The van der Waals surface area contributed by atoms with Crippen LogP contribution in [0.15, 0.2) is 0 Å². The second-order valence-electron chi connectivity index (χ2n) is 11.4. The SMILES string of the molecule is C[C@H](O)[C@@H]1[C@H](C)CC(=O)N1C.C[C@H]1[C@@H]([C@H](C)O)N(C)C(=O)[C@@H]1O.S=[S-](=S)S(=S)(=S)S(=S)(=S)S(=S)(=S)S(=S)(=S)S(=S)(=S)S(=S)(=S)S(=S)(=S)S(=S)(=S)S(=S)(=S)S(=S)(=S)[S-](=S)=S. The average molecular weight is 1480 g/mol. The summed E-state index contributed by atoms with van der Waals surface area (Å²) in [4.78, 5) is 25.4. The highest BCUT2D eigenvalue weighted by Gasteiger charge is 2.45. The molecule has 3 N–H and O–H groups in total. The van der Waals surface area contributed by atoms with Gasteiger partial charge in [0.25, 0.3) is 5.91 Å². The molecule has 43 heteroatoms. The molecule has 59 heavy (non-hydrogen) atoms. The smallest absolute Gasteiger partial charge is 0.251 e. The van der Waals surface area contributed by atoms with Crippen LogP contribution in [0.4, 0.5) is 0 Å². The van der Waals surface area contributed by atoms with Gasteiger partial charge < -0.3 is 25.1 Å². The maximum Gasteiger partial charge on any atom is 0.251 e. The van der Waals surface area contributed by atoms with E-state index >= 15 is 0 Å². The molecule has 0 aromatic heterocycles. The summed E-state index contributed by atoms with van der Waals surface area (Å²) in [5.41, 5.74) is 0. The fourth-order valence-corrected chi connectivity index (χ4v) is 235. The largest absolute Gasteiger partial charge is 0.391 e. The molecule has 7 atom stereocenters. The van der Waals surface area contributed by atoms with Crippen molar-refractivity contribution in [2.45, 2.75) is 64.5 Å². The van der Waals surface area contributed by atoms with Gasteiger partial charge in [-0.1, -0.05) is 69.0 Å². The van der Waals surface area contributed by atoms with Gasteiger partial charge in [0.1, 0.15) is 6.10 Å². The van der Waals surface area contributed by atoms with Crippen LogP contribution in [0.5, 0.6) is 0 Å². The second-order valence-corrected chi connectivity index (χ2v) is 128. The minimum Gasteiger partial charge on any atom is -0.391 e. The van der Waals surface area contributed by atoms with E-state index in [1.165, 1.54) is 4.90 Å². The number of likely N-dealkylation sites (N-methyl/N-ethyl adjacent to an activating group) is 2. The number of carbonyl (C=O) groups excluding carboxylic acids is 2. The third kappa shape index (κ3) is 13.0. The van der Waals surface area contributed by atoms with Crippen LogP contribution in [0.1, 0.15) is 34.1 Å². The second kappa shape index (κ2) is 24.1. The Balaban J connectivity index is 0.00000116. The topological polar surface area (TPSA) is 101 Å². The van der Waals surface area contributed by atoms with Crippen LogP contribution >= 0.6 is 0 Å². The molecule has 0 aromatic carbocycles. The maximum atomic E-state index is 11.2. The van der Waals surface area contributed by atoms with Gasteiger partial charge in [0, 0.05) is 68.1 Å². The molecule has 7 nitrogen and oxygen atoms in total. The molecule has 0 bridgehead atoms. The van der Waals surface area contributed by atoms with Crippen LogP contribution in [0, 0.1) is 11.8 Å². The van der Waals surface area contributed by atoms with Crippen LogP contribution in [0.3, 0.4) is 0 Å². The fraction of sp³-hybridized carbons (Fsp3) is 0.875. The molecule has 2 aliphatic heterocycles. The Morgan fingerprint density at radius 2 is 0.780 bits per heavy atom. The van der Waals surface area contributed by atoms with Gasteiger partial charge >= 0.3 is 0 Å². The monoisotopic (exact) mass is 1480 g/mol. The Labute approximate surface area is 461 Å². The normalized spacial score (nSPS) is 24.2. The average Bonchev–Trinajstić information content (AvgIpc) is 3.43. The molecule has 0 radical (unpaired) electrons. The number of hydrogen-bond donors (Lipinski definition) is 3. The minimum atomic E-state index is -3.44. The number of rotatable bonds is 13. The summed E-state index contributed by atoms with van der Waals surface area (Å²) in [6.45, 7) is 7.13. The van der Waals surface area contributed by atoms with E-state index in [2.05, 4.69) is 0 Å². The molecule has 2 aliphatic rings. The predicted molar refractivity (Wildman–Crippen MR) is 351 cm³/mol. The van der Waals surface area contributed by atoms with Gasteiger partial charge in [0.05, 0.1) is 24.3 Å². The lowest BCUT2D eigenvalue weighted by molar-refractivity contribution is -0.135. The lowest BCUT2D eigenvalue weighted by atomic mass is 9.97. The quantitative estimate of drug-likeness (QED) is 0.161. The van der Waals surface area contributed by atoms with Gasteiger partial charge in [0.2, 0.25) is 5.91 Å². The first-order chi connectivity index (χ1) is 25.6. The molecule has 0 aromatic rings. The van der Waals surface area contributed by atoms with E-state index in [4.69, 9.17) is 269 Å². The van der Waals surface area contributed by atoms with Crippen molar-refractivity contribution in [1.29, 1.82) is 0 Å². The molecule has 2 saturated heterocycles. The molecule has 352 valence electrons. The van der Waals surface area contributed by atoms with Crippen molar-refractivity contribution in [2.24, 2.45) is 11.8 Å². The maximum absolute atomic E-state index is 11.2. The van der Waals surface area contributed by atoms with Crippen LogP contribution in [-0.2, 0) is 344 Å². The molecule has 2 heterocycles. The Kier molecular flexibility index (Phi) is 27.5. The predicted octanol–water partition coefficient (Wildman–Crippen LogP) is -0.648. The lowest BCUT2D eigenvalue weighted by Crippen LogP contribution is -2.39. The molecule has 2 amide bonds. The number of likely N-dealkylation sites (tertiary alicyclic amines) is 2. The number of amides is 2. The van der Waals surface area contributed by atoms with Gasteiger partial charge in [-0.15, -0.1) is 0 Å². The standard InChI is InChI=1S/C8H15NO3.C8H15NO2.S36/c1-4-6(5(2)10)9(3)8(12)7(4)11;1-5-4-7(11)9(3)8(5)6(2)10;1-25(2)27(5,6)29(9,10)31(13,14)33(17,18)35(21,22)36(23,24)34(19,20)32(15,16)30(11,12)28(7,8)26(3)4/h4-7,10-11H,1-3H3;5-6,8,10H,4H2,1-3H3;/q;;-2/t4-,5-,6-,7+;5-,6+,8+;/m01./s1. The van der Waals surface area contributed by atoms with E-state index in [1.807, 2.05) is 6.92 Å². The summed E-state index contributed by atoms with van der Waals surface area (Å²) in [7, 11) is 0.560. The Hall–Kier alpha value is 8.30. The molecule has 0 spiro atoms. The highest BCUT2D eigenvalue weighted by Crippen LogP contribution is 2.39. The van der Waals surface area contributed by atoms with Gasteiger partial charge in [-0.05, 0) is 199 Å². The first-order valence-corrected chi connectivity index (χ1v) is 60.6. The number of carbonyl (C=O) groups is 2. The molecule has 2 fully saturated rings. The Morgan fingerprint density at radius 1 is 0.525 bits per heavy atom. The van der Waals surface area contributed by atoms with E-state index in [0.29, 0.717) is 6.42 Å². The number of aliphatic hydroxyl groups excluding tert-OH is 3. The van der Waals surface area contributed by atoms with Gasteiger partial charge in [-0.25, -0.2) is 44.8 Å². The first kappa shape index (κ1) is 67.3. The van der Waals surface area contributed by atoms with E-state index < -0.39 is 84.5 Å². The van der Waals surface area contributed by atoms with Crippen LogP contribution < -0.4 is 0 Å². The summed E-state index contributed by atoms with van der Waals surface area (Å²) < 4.78 is 0.